The molecule has 0 bridgehead atoms. The lowest BCUT2D eigenvalue weighted by Crippen LogP contribution is -2.61. The van der Waals surface area contributed by atoms with Crippen molar-refractivity contribution < 1.29 is 37.8 Å². The maximum atomic E-state index is 13.6. The molecule has 9 heteroatoms. The summed E-state index contributed by atoms with van der Waals surface area (Å²) in [5.41, 5.74) is -1.10. The number of carbonyl (C=O) groups is 4. The molecule has 192 valence electrons. The van der Waals surface area contributed by atoms with E-state index in [-0.39, 0.29) is 12.2 Å². The molecule has 2 aromatic carbocycles. The van der Waals surface area contributed by atoms with Crippen molar-refractivity contribution in [2.24, 2.45) is 5.41 Å². The van der Waals surface area contributed by atoms with E-state index in [1.807, 2.05) is 0 Å². The monoisotopic (exact) mass is 499 g/mol. The molecular formula is C27H30FNO7. The number of amides is 1. The zero-order valence-corrected chi connectivity index (χ0v) is 21.1. The number of hydrogen-bond donors (Lipinski definition) is 1. The molecule has 1 atom stereocenters. The van der Waals surface area contributed by atoms with E-state index in [1.54, 1.807) is 57.2 Å². The summed E-state index contributed by atoms with van der Waals surface area (Å²) < 4.78 is 29.2. The third kappa shape index (κ3) is 6.08. The van der Waals surface area contributed by atoms with Crippen molar-refractivity contribution in [3.8, 4) is 11.1 Å². The normalized spacial score (nSPS) is 17.4. The van der Waals surface area contributed by atoms with E-state index >= 15 is 0 Å². The van der Waals surface area contributed by atoms with Gasteiger partial charge in [0.25, 0.3) is 5.79 Å². The average Bonchev–Trinajstić information content (AvgIpc) is 2.75. The van der Waals surface area contributed by atoms with Crippen LogP contribution in [0.25, 0.3) is 11.1 Å². The summed E-state index contributed by atoms with van der Waals surface area (Å²) in [5.74, 6) is -4.91. The molecule has 1 fully saturated rings. The number of esters is 2. The van der Waals surface area contributed by atoms with Gasteiger partial charge in [-0.1, -0.05) is 36.4 Å². The lowest BCUT2D eigenvalue weighted by molar-refractivity contribution is -0.247. The van der Waals surface area contributed by atoms with Crippen molar-refractivity contribution in [1.29, 1.82) is 0 Å². The van der Waals surface area contributed by atoms with Gasteiger partial charge in [-0.05, 0) is 62.9 Å². The Morgan fingerprint density at radius 3 is 2.08 bits per heavy atom. The average molecular weight is 500 g/mol. The van der Waals surface area contributed by atoms with Crippen LogP contribution >= 0.6 is 0 Å². The van der Waals surface area contributed by atoms with Crippen molar-refractivity contribution in [3.63, 3.8) is 0 Å². The van der Waals surface area contributed by atoms with Gasteiger partial charge in [0.2, 0.25) is 5.41 Å². The highest BCUT2D eigenvalue weighted by molar-refractivity contribution is 6.22. The van der Waals surface area contributed by atoms with Crippen molar-refractivity contribution in [2.45, 2.75) is 65.4 Å². The van der Waals surface area contributed by atoms with Crippen LogP contribution in [0.5, 0.6) is 0 Å². The van der Waals surface area contributed by atoms with Crippen molar-refractivity contribution in [2.75, 3.05) is 0 Å². The van der Waals surface area contributed by atoms with Crippen LogP contribution in [-0.4, -0.2) is 41.2 Å². The van der Waals surface area contributed by atoms with Gasteiger partial charge in [-0.2, -0.15) is 0 Å². The SMILES string of the molecule is CC(C)(C)OC(=O)N[C@@H](Cc1ccc(-c2cccc(F)c2)cc1)C(=O)C1(C)C(=O)OC(C)(C)OC1=O. The summed E-state index contributed by atoms with van der Waals surface area (Å²) in [4.78, 5) is 51.6. The maximum absolute atomic E-state index is 13.6. The molecule has 0 radical (unpaired) electrons. The van der Waals surface area contributed by atoms with E-state index in [2.05, 4.69) is 5.32 Å². The van der Waals surface area contributed by atoms with Crippen LogP contribution in [0.1, 0.15) is 47.1 Å². The molecule has 1 heterocycles. The molecule has 0 aliphatic carbocycles. The number of halogens is 1. The number of ether oxygens (including phenoxy) is 3. The molecule has 3 rings (SSSR count). The second kappa shape index (κ2) is 9.72. The van der Waals surface area contributed by atoms with Crippen LogP contribution in [0, 0.1) is 11.2 Å². The summed E-state index contributed by atoms with van der Waals surface area (Å²) in [6, 6.07) is 11.7. The standard InChI is InChI=1S/C27H30FNO7/c1-25(2,3)36-24(33)29-20(21(30)27(6)22(31)34-26(4,5)35-23(27)32)14-16-10-12-17(13-11-16)18-8-7-9-19(28)15-18/h7-13,15,20H,14H2,1-6H3,(H,29,33)/t20-/m0/s1. The van der Waals surface area contributed by atoms with E-state index < -0.39 is 46.7 Å². The van der Waals surface area contributed by atoms with Crippen LogP contribution in [0.4, 0.5) is 9.18 Å². The lowest BCUT2D eigenvalue weighted by Gasteiger charge is -2.38. The van der Waals surface area contributed by atoms with Crippen LogP contribution in [0.15, 0.2) is 48.5 Å². The molecule has 1 amide bonds. The van der Waals surface area contributed by atoms with Gasteiger partial charge >= 0.3 is 18.0 Å². The fraction of sp³-hybridized carbons (Fsp3) is 0.407. The van der Waals surface area contributed by atoms with Crippen molar-refractivity contribution in [1.82, 2.24) is 5.32 Å². The van der Waals surface area contributed by atoms with Crippen LogP contribution in [0.2, 0.25) is 0 Å². The Bertz CT molecular complexity index is 1160. The Hall–Kier alpha value is -3.75. The van der Waals surface area contributed by atoms with Crippen LogP contribution in [0.3, 0.4) is 0 Å². The second-order valence-electron chi connectivity index (χ2n) is 10.3. The zero-order chi connectivity index (χ0) is 26.9. The van der Waals surface area contributed by atoms with Crippen molar-refractivity contribution in [3.05, 3.63) is 59.9 Å². The number of alkyl carbamates (subject to hydrolysis) is 1. The van der Waals surface area contributed by atoms with Crippen LogP contribution in [-0.2, 0) is 35.0 Å². The highest BCUT2D eigenvalue weighted by atomic mass is 19.1. The van der Waals surface area contributed by atoms with Gasteiger partial charge in [-0.3, -0.25) is 14.4 Å². The molecular weight excluding hydrogens is 469 g/mol. The summed E-state index contributed by atoms with van der Waals surface area (Å²) in [7, 11) is 0. The Labute approximate surface area is 209 Å². The largest absolute Gasteiger partial charge is 0.444 e. The minimum atomic E-state index is -2.28. The minimum absolute atomic E-state index is 0.0545. The quantitative estimate of drug-likeness (QED) is 0.465. The van der Waals surface area contributed by atoms with E-state index in [0.29, 0.717) is 11.1 Å². The van der Waals surface area contributed by atoms with Gasteiger partial charge < -0.3 is 19.5 Å². The molecule has 1 aliphatic rings. The molecule has 1 aliphatic heterocycles. The first-order chi connectivity index (χ1) is 16.6. The molecule has 0 saturated carbocycles. The van der Waals surface area contributed by atoms with E-state index in [4.69, 9.17) is 14.2 Å². The summed E-state index contributed by atoms with van der Waals surface area (Å²) in [5, 5.41) is 2.48. The van der Waals surface area contributed by atoms with Gasteiger partial charge in [-0.15, -0.1) is 0 Å². The minimum Gasteiger partial charge on any atom is -0.444 e. The Kier molecular flexibility index (Phi) is 7.25. The number of ketones is 1. The third-order valence-corrected chi connectivity index (χ3v) is 5.55. The van der Waals surface area contributed by atoms with Gasteiger partial charge in [0.1, 0.15) is 11.4 Å². The van der Waals surface area contributed by atoms with Gasteiger partial charge in [0, 0.05) is 13.8 Å². The summed E-state index contributed by atoms with van der Waals surface area (Å²) in [6.45, 7) is 8.86. The Balaban J connectivity index is 1.90. The molecule has 2 aromatic rings. The first kappa shape index (κ1) is 26.8. The first-order valence-electron chi connectivity index (χ1n) is 11.5. The molecule has 0 aromatic heterocycles. The van der Waals surface area contributed by atoms with E-state index in [0.717, 1.165) is 12.5 Å². The summed E-state index contributed by atoms with van der Waals surface area (Å²) in [6.07, 6.45) is -0.945. The number of cyclic esters (lactones) is 2. The Morgan fingerprint density at radius 2 is 1.56 bits per heavy atom. The van der Waals surface area contributed by atoms with E-state index in [1.165, 1.54) is 26.0 Å². The predicted molar refractivity (Wildman–Crippen MR) is 128 cm³/mol. The number of Topliss-reactive ketones (excluding diaryl/α,β-unsaturated/α-hetero) is 1. The molecule has 36 heavy (non-hydrogen) atoms. The Morgan fingerprint density at radius 1 is 0.972 bits per heavy atom. The summed E-state index contributed by atoms with van der Waals surface area (Å²) >= 11 is 0. The zero-order valence-electron chi connectivity index (χ0n) is 21.1. The number of hydrogen-bond acceptors (Lipinski definition) is 7. The molecule has 0 spiro atoms. The van der Waals surface area contributed by atoms with Gasteiger partial charge in [-0.25, -0.2) is 9.18 Å². The highest BCUT2D eigenvalue weighted by Gasteiger charge is 2.59. The maximum Gasteiger partial charge on any atom is 0.408 e. The number of rotatable bonds is 6. The van der Waals surface area contributed by atoms with Gasteiger partial charge in [0.15, 0.2) is 5.78 Å². The molecule has 1 saturated heterocycles. The molecule has 1 N–H and O–H groups in total. The molecule has 0 unspecified atom stereocenters. The van der Waals surface area contributed by atoms with Crippen LogP contribution < -0.4 is 5.32 Å². The van der Waals surface area contributed by atoms with Gasteiger partial charge in [0.05, 0.1) is 6.04 Å². The number of benzene rings is 2. The fourth-order valence-electron chi connectivity index (χ4n) is 3.70. The van der Waals surface area contributed by atoms with E-state index in [9.17, 15) is 23.6 Å². The number of nitrogens with one attached hydrogen (secondary N) is 1. The van der Waals surface area contributed by atoms with Crippen molar-refractivity contribution >= 4 is 23.8 Å². The number of carbonyl (C=O) groups excluding carboxylic acids is 4. The molecule has 8 nitrogen and oxygen atoms in total. The smallest absolute Gasteiger partial charge is 0.408 e. The predicted octanol–water partition coefficient (Wildman–Crippen LogP) is 4.34. The highest BCUT2D eigenvalue weighted by Crippen LogP contribution is 2.34. The fourth-order valence-corrected chi connectivity index (χ4v) is 3.70. The lowest BCUT2D eigenvalue weighted by atomic mass is 9.79. The second-order valence-corrected chi connectivity index (χ2v) is 10.3. The first-order valence-corrected chi connectivity index (χ1v) is 11.5. The topological polar surface area (TPSA) is 108 Å². The third-order valence-electron chi connectivity index (χ3n) is 5.55.